The molecular weight excluding hydrogens is 449 g/mol. The van der Waals surface area contributed by atoms with Gasteiger partial charge in [-0.2, -0.15) is 10.1 Å². The maximum Gasteiger partial charge on any atom is 0.322 e. The number of halogens is 1. The van der Waals surface area contributed by atoms with Crippen LogP contribution in [0.3, 0.4) is 0 Å². The SMILES string of the molecule is CC(C)(C)OC(=O)CC(c1ccc(F)cc1)c1ccnc(Oc2ccc(Cn3cncn3)cc2)n1. The van der Waals surface area contributed by atoms with Gasteiger partial charge in [0.05, 0.1) is 18.7 Å². The van der Waals surface area contributed by atoms with Crippen molar-refractivity contribution in [3.8, 4) is 11.8 Å². The van der Waals surface area contributed by atoms with Crippen molar-refractivity contribution < 1.29 is 18.7 Å². The molecule has 0 aliphatic heterocycles. The first-order chi connectivity index (χ1) is 16.7. The van der Waals surface area contributed by atoms with Gasteiger partial charge in [0, 0.05) is 12.1 Å². The molecule has 4 rings (SSSR count). The number of benzene rings is 2. The molecule has 0 saturated carbocycles. The van der Waals surface area contributed by atoms with E-state index < -0.39 is 11.5 Å². The molecule has 0 aliphatic carbocycles. The Labute approximate surface area is 202 Å². The van der Waals surface area contributed by atoms with E-state index in [1.807, 2.05) is 45.0 Å². The quantitative estimate of drug-likeness (QED) is 0.334. The van der Waals surface area contributed by atoms with Gasteiger partial charge < -0.3 is 9.47 Å². The molecule has 0 bridgehead atoms. The predicted octanol–water partition coefficient (Wildman–Crippen LogP) is 4.91. The predicted molar refractivity (Wildman–Crippen MR) is 126 cm³/mol. The average Bonchev–Trinajstić information content (AvgIpc) is 3.32. The number of aromatic nitrogens is 5. The smallest absolute Gasteiger partial charge is 0.322 e. The average molecular weight is 476 g/mol. The molecule has 2 heterocycles. The topological polar surface area (TPSA) is 92.0 Å². The van der Waals surface area contributed by atoms with Crippen molar-refractivity contribution in [2.45, 2.75) is 45.3 Å². The van der Waals surface area contributed by atoms with Gasteiger partial charge in [-0.25, -0.2) is 19.0 Å². The van der Waals surface area contributed by atoms with E-state index in [9.17, 15) is 9.18 Å². The fourth-order valence-electron chi connectivity index (χ4n) is 3.51. The summed E-state index contributed by atoms with van der Waals surface area (Å²) in [7, 11) is 0. The number of hydrogen-bond donors (Lipinski definition) is 0. The highest BCUT2D eigenvalue weighted by Gasteiger charge is 2.24. The molecule has 0 aliphatic rings. The van der Waals surface area contributed by atoms with E-state index in [2.05, 4.69) is 20.1 Å². The summed E-state index contributed by atoms with van der Waals surface area (Å²) < 4.78 is 26.6. The third-order valence-corrected chi connectivity index (χ3v) is 5.02. The van der Waals surface area contributed by atoms with Crippen LogP contribution in [-0.2, 0) is 16.1 Å². The van der Waals surface area contributed by atoms with Crippen LogP contribution in [0.25, 0.3) is 0 Å². The molecule has 9 heteroatoms. The Morgan fingerprint density at radius 1 is 1.06 bits per heavy atom. The monoisotopic (exact) mass is 475 g/mol. The van der Waals surface area contributed by atoms with E-state index in [1.165, 1.54) is 18.5 Å². The Kier molecular flexibility index (Phi) is 7.14. The third-order valence-electron chi connectivity index (χ3n) is 5.02. The summed E-state index contributed by atoms with van der Waals surface area (Å²) in [5, 5.41) is 4.10. The van der Waals surface area contributed by atoms with Gasteiger partial charge in [0.1, 0.15) is 29.8 Å². The molecule has 0 radical (unpaired) electrons. The highest BCUT2D eigenvalue weighted by molar-refractivity contribution is 5.71. The zero-order chi connectivity index (χ0) is 24.8. The van der Waals surface area contributed by atoms with Crippen molar-refractivity contribution in [2.24, 2.45) is 0 Å². The van der Waals surface area contributed by atoms with E-state index in [1.54, 1.807) is 35.4 Å². The van der Waals surface area contributed by atoms with Gasteiger partial charge in [0.2, 0.25) is 0 Å². The second-order valence-corrected chi connectivity index (χ2v) is 9.00. The molecule has 35 heavy (non-hydrogen) atoms. The van der Waals surface area contributed by atoms with E-state index in [0.29, 0.717) is 18.0 Å². The van der Waals surface area contributed by atoms with Gasteiger partial charge in [0.15, 0.2) is 0 Å². The lowest BCUT2D eigenvalue weighted by atomic mass is 9.92. The summed E-state index contributed by atoms with van der Waals surface area (Å²) in [5.41, 5.74) is 1.71. The Morgan fingerprint density at radius 2 is 1.80 bits per heavy atom. The van der Waals surface area contributed by atoms with Crippen LogP contribution in [0.4, 0.5) is 4.39 Å². The second kappa shape index (κ2) is 10.4. The highest BCUT2D eigenvalue weighted by atomic mass is 19.1. The minimum Gasteiger partial charge on any atom is -0.460 e. The standard InChI is InChI=1S/C26H26FN5O3/c1-26(2,3)35-24(33)14-22(19-6-8-20(27)9-7-19)23-12-13-29-25(31-23)34-21-10-4-18(5-11-21)15-32-17-28-16-30-32/h4-13,16-17,22H,14-15H2,1-3H3. The zero-order valence-electron chi connectivity index (χ0n) is 19.8. The molecule has 0 spiro atoms. The summed E-state index contributed by atoms with van der Waals surface area (Å²) in [6.07, 6.45) is 4.75. The molecule has 1 atom stereocenters. The Bertz CT molecular complexity index is 1250. The normalized spacial score (nSPS) is 12.2. The fourth-order valence-corrected chi connectivity index (χ4v) is 3.51. The number of esters is 1. The lowest BCUT2D eigenvalue weighted by molar-refractivity contribution is -0.155. The molecule has 2 aromatic carbocycles. The minimum absolute atomic E-state index is 0.0380. The van der Waals surface area contributed by atoms with Crippen LogP contribution in [0.15, 0.2) is 73.4 Å². The van der Waals surface area contributed by atoms with E-state index in [0.717, 1.165) is 11.1 Å². The Hall–Kier alpha value is -4.14. The van der Waals surface area contributed by atoms with Crippen LogP contribution in [0.5, 0.6) is 11.8 Å². The molecular formula is C26H26FN5O3. The first-order valence-electron chi connectivity index (χ1n) is 11.1. The third kappa shape index (κ3) is 6.92. The fraction of sp³-hybridized carbons (Fsp3) is 0.269. The Morgan fingerprint density at radius 3 is 2.46 bits per heavy atom. The molecule has 1 unspecified atom stereocenters. The maximum absolute atomic E-state index is 13.5. The number of hydrogen-bond acceptors (Lipinski definition) is 7. The van der Waals surface area contributed by atoms with Gasteiger partial charge in [-0.1, -0.05) is 24.3 Å². The summed E-state index contributed by atoms with van der Waals surface area (Å²) in [4.78, 5) is 25.3. The summed E-state index contributed by atoms with van der Waals surface area (Å²) in [6.45, 7) is 6.03. The van der Waals surface area contributed by atoms with Crippen LogP contribution >= 0.6 is 0 Å². The number of ether oxygens (including phenoxy) is 2. The molecule has 180 valence electrons. The molecule has 8 nitrogen and oxygen atoms in total. The van der Waals surface area contributed by atoms with Crippen LogP contribution in [0.2, 0.25) is 0 Å². The van der Waals surface area contributed by atoms with Gasteiger partial charge >= 0.3 is 12.0 Å². The van der Waals surface area contributed by atoms with E-state index >= 15 is 0 Å². The summed E-state index contributed by atoms with van der Waals surface area (Å²) in [5.74, 6) is -0.629. The number of carbonyl (C=O) groups excluding carboxylic acids is 1. The lowest BCUT2D eigenvalue weighted by Crippen LogP contribution is -2.25. The number of nitrogens with zero attached hydrogens (tertiary/aromatic N) is 5. The maximum atomic E-state index is 13.5. The van der Waals surface area contributed by atoms with Crippen molar-refractivity contribution in [1.29, 1.82) is 0 Å². The first kappa shape index (κ1) is 24.0. The molecule has 0 N–H and O–H groups in total. The van der Waals surface area contributed by atoms with Crippen molar-refractivity contribution in [2.75, 3.05) is 0 Å². The van der Waals surface area contributed by atoms with Crippen molar-refractivity contribution in [3.05, 3.63) is 96.1 Å². The largest absolute Gasteiger partial charge is 0.460 e. The molecule has 4 aromatic rings. The molecule has 0 amide bonds. The van der Waals surface area contributed by atoms with E-state index in [-0.39, 0.29) is 24.2 Å². The van der Waals surface area contributed by atoms with Gasteiger partial charge in [-0.3, -0.25) is 4.79 Å². The highest BCUT2D eigenvalue weighted by Crippen LogP contribution is 2.30. The van der Waals surface area contributed by atoms with Crippen molar-refractivity contribution >= 4 is 5.97 Å². The molecule has 2 aromatic heterocycles. The van der Waals surface area contributed by atoms with E-state index in [4.69, 9.17) is 9.47 Å². The zero-order valence-corrected chi connectivity index (χ0v) is 19.8. The van der Waals surface area contributed by atoms with Gasteiger partial charge in [0.25, 0.3) is 0 Å². The Balaban J connectivity index is 1.53. The lowest BCUT2D eigenvalue weighted by Gasteiger charge is -2.22. The van der Waals surface area contributed by atoms with Gasteiger partial charge in [-0.15, -0.1) is 0 Å². The van der Waals surface area contributed by atoms with Crippen LogP contribution < -0.4 is 4.74 Å². The summed E-state index contributed by atoms with van der Waals surface area (Å²) >= 11 is 0. The molecule has 0 saturated heterocycles. The first-order valence-corrected chi connectivity index (χ1v) is 11.1. The minimum atomic E-state index is -0.621. The van der Waals surface area contributed by atoms with Crippen LogP contribution in [0.1, 0.15) is 49.9 Å². The van der Waals surface area contributed by atoms with Gasteiger partial charge in [-0.05, 0) is 62.2 Å². The number of rotatable bonds is 8. The molecule has 0 fully saturated rings. The van der Waals surface area contributed by atoms with Crippen LogP contribution in [-0.4, -0.2) is 36.3 Å². The van der Waals surface area contributed by atoms with Crippen molar-refractivity contribution in [1.82, 2.24) is 24.7 Å². The summed E-state index contributed by atoms with van der Waals surface area (Å²) in [6, 6.07) is 15.3. The second-order valence-electron chi connectivity index (χ2n) is 9.00. The van der Waals surface area contributed by atoms with Crippen LogP contribution in [0, 0.1) is 5.82 Å². The number of carbonyl (C=O) groups is 1. The van der Waals surface area contributed by atoms with Crippen molar-refractivity contribution in [3.63, 3.8) is 0 Å².